The van der Waals surface area contributed by atoms with Crippen molar-refractivity contribution in [2.24, 2.45) is 0 Å². The molecule has 2 heterocycles. The summed E-state index contributed by atoms with van der Waals surface area (Å²) in [5.41, 5.74) is 0.866. The summed E-state index contributed by atoms with van der Waals surface area (Å²) < 4.78 is 6.36. The van der Waals surface area contributed by atoms with Crippen LogP contribution in [0.3, 0.4) is 0 Å². The third kappa shape index (κ3) is 3.19. The maximum absolute atomic E-state index is 11.5. The van der Waals surface area contributed by atoms with Gasteiger partial charge in [-0.3, -0.25) is 4.68 Å². The van der Waals surface area contributed by atoms with E-state index in [9.17, 15) is 9.59 Å². The predicted octanol–water partition coefficient (Wildman–Crippen LogP) is 1.20. The lowest BCUT2D eigenvalue weighted by molar-refractivity contribution is 0.0525. The molecule has 0 unspecified atom stereocenters. The number of aromatic nitrogens is 3. The van der Waals surface area contributed by atoms with Gasteiger partial charge in [-0.2, -0.15) is 5.10 Å². The van der Waals surface area contributed by atoms with E-state index in [1.807, 2.05) is 0 Å². The highest BCUT2D eigenvalue weighted by Crippen LogP contribution is 2.05. The second-order valence-electron chi connectivity index (χ2n) is 3.97. The Morgan fingerprint density at radius 2 is 2.20 bits per heavy atom. The van der Waals surface area contributed by atoms with Crippen LogP contribution in [0.25, 0.3) is 0 Å². The summed E-state index contributed by atoms with van der Waals surface area (Å²) in [5.74, 6) is -1.52. The molecule has 7 heteroatoms. The van der Waals surface area contributed by atoms with E-state index >= 15 is 0 Å². The molecule has 0 aliphatic carbocycles. The van der Waals surface area contributed by atoms with E-state index < -0.39 is 11.9 Å². The minimum Gasteiger partial charge on any atom is -0.477 e. The van der Waals surface area contributed by atoms with Gasteiger partial charge in [0.25, 0.3) is 0 Å². The molecule has 0 spiro atoms. The van der Waals surface area contributed by atoms with E-state index in [2.05, 4.69) is 10.1 Å². The summed E-state index contributed by atoms with van der Waals surface area (Å²) in [6, 6.07) is 4.72. The van der Waals surface area contributed by atoms with Gasteiger partial charge in [0.15, 0.2) is 0 Å². The molecule has 0 saturated heterocycles. The molecule has 0 aliphatic rings. The van der Waals surface area contributed by atoms with Gasteiger partial charge < -0.3 is 9.84 Å². The summed E-state index contributed by atoms with van der Waals surface area (Å²) in [7, 11) is 0. The number of nitrogens with zero attached hydrogens (tertiary/aromatic N) is 3. The number of ether oxygens (including phenoxy) is 1. The molecule has 2 aromatic heterocycles. The number of pyridine rings is 1. The molecular weight excluding hydrogens is 262 g/mol. The Morgan fingerprint density at radius 1 is 1.40 bits per heavy atom. The zero-order valence-corrected chi connectivity index (χ0v) is 10.8. The lowest BCUT2D eigenvalue weighted by Crippen LogP contribution is -2.07. The molecule has 0 bridgehead atoms. The van der Waals surface area contributed by atoms with Crippen LogP contribution < -0.4 is 0 Å². The average Bonchev–Trinajstić information content (AvgIpc) is 2.88. The van der Waals surface area contributed by atoms with Crippen LogP contribution in [0, 0.1) is 0 Å². The molecule has 2 rings (SSSR count). The first-order valence-electron chi connectivity index (χ1n) is 5.99. The third-order valence-electron chi connectivity index (χ3n) is 2.49. The molecule has 0 fully saturated rings. The van der Waals surface area contributed by atoms with E-state index in [-0.39, 0.29) is 12.2 Å². The Bertz CT molecular complexity index is 636. The van der Waals surface area contributed by atoms with Crippen molar-refractivity contribution in [3.8, 4) is 0 Å². The predicted molar refractivity (Wildman–Crippen MR) is 68.5 cm³/mol. The van der Waals surface area contributed by atoms with Crippen LogP contribution in [0.1, 0.15) is 33.5 Å². The van der Waals surface area contributed by atoms with Crippen LogP contribution >= 0.6 is 0 Å². The van der Waals surface area contributed by atoms with Crippen LogP contribution in [0.5, 0.6) is 0 Å². The van der Waals surface area contributed by atoms with Gasteiger partial charge in [0.2, 0.25) is 0 Å². The molecule has 0 radical (unpaired) electrons. The average molecular weight is 275 g/mol. The van der Waals surface area contributed by atoms with E-state index in [0.717, 1.165) is 0 Å². The highest BCUT2D eigenvalue weighted by atomic mass is 16.5. The van der Waals surface area contributed by atoms with Crippen molar-refractivity contribution in [2.45, 2.75) is 13.5 Å². The van der Waals surface area contributed by atoms with Crippen LogP contribution in [0.2, 0.25) is 0 Å². The standard InChI is InChI=1S/C13H13N3O4/c1-2-20-13(19)9-6-14-16(7-9)8-10-4-3-5-11(15-10)12(17)18/h3-7H,2,8H2,1H3,(H,17,18). The third-order valence-corrected chi connectivity index (χ3v) is 2.49. The zero-order chi connectivity index (χ0) is 14.5. The molecule has 1 N–H and O–H groups in total. The Hall–Kier alpha value is -2.70. The van der Waals surface area contributed by atoms with Crippen LogP contribution in [0.15, 0.2) is 30.6 Å². The molecule has 2 aromatic rings. The van der Waals surface area contributed by atoms with Crippen molar-refractivity contribution in [1.29, 1.82) is 0 Å². The molecule has 0 saturated carbocycles. The minimum atomic E-state index is -1.08. The molecular formula is C13H13N3O4. The molecule has 7 nitrogen and oxygen atoms in total. The number of carboxylic acids is 1. The van der Waals surface area contributed by atoms with Crippen LogP contribution in [-0.4, -0.2) is 38.4 Å². The summed E-state index contributed by atoms with van der Waals surface area (Å²) in [5, 5.41) is 12.9. The van der Waals surface area contributed by atoms with Gasteiger partial charge in [0.1, 0.15) is 5.69 Å². The SMILES string of the molecule is CCOC(=O)c1cnn(Cc2cccc(C(=O)O)n2)c1. The Kier molecular flexibility index (Phi) is 4.09. The zero-order valence-electron chi connectivity index (χ0n) is 10.8. The van der Waals surface area contributed by atoms with Crippen molar-refractivity contribution in [3.63, 3.8) is 0 Å². The fourth-order valence-corrected chi connectivity index (χ4v) is 1.62. The second-order valence-corrected chi connectivity index (χ2v) is 3.97. The first-order valence-corrected chi connectivity index (χ1v) is 5.99. The van der Waals surface area contributed by atoms with Crippen molar-refractivity contribution < 1.29 is 19.4 Å². The monoisotopic (exact) mass is 275 g/mol. The maximum Gasteiger partial charge on any atom is 0.354 e. The maximum atomic E-state index is 11.5. The smallest absolute Gasteiger partial charge is 0.354 e. The number of rotatable bonds is 5. The fourth-order valence-electron chi connectivity index (χ4n) is 1.62. The quantitative estimate of drug-likeness (QED) is 0.824. The van der Waals surface area contributed by atoms with Gasteiger partial charge in [-0.1, -0.05) is 6.07 Å². The molecule has 0 atom stereocenters. The van der Waals surface area contributed by atoms with Crippen LogP contribution in [-0.2, 0) is 11.3 Å². The van der Waals surface area contributed by atoms with Gasteiger partial charge >= 0.3 is 11.9 Å². The van der Waals surface area contributed by atoms with Crippen molar-refractivity contribution in [1.82, 2.24) is 14.8 Å². The topological polar surface area (TPSA) is 94.3 Å². The van der Waals surface area contributed by atoms with Gasteiger partial charge in [0.05, 0.1) is 30.6 Å². The number of carbonyl (C=O) groups excluding carboxylic acids is 1. The Balaban J connectivity index is 2.12. The number of aromatic carboxylic acids is 1. The van der Waals surface area contributed by atoms with Crippen LogP contribution in [0.4, 0.5) is 0 Å². The molecule has 104 valence electrons. The molecule has 0 aliphatic heterocycles. The van der Waals surface area contributed by atoms with E-state index in [0.29, 0.717) is 17.9 Å². The summed E-state index contributed by atoms with van der Waals surface area (Å²) in [4.78, 5) is 26.3. The van der Waals surface area contributed by atoms with Gasteiger partial charge in [-0.05, 0) is 19.1 Å². The second kappa shape index (κ2) is 5.96. The molecule has 0 aromatic carbocycles. The molecule has 0 amide bonds. The van der Waals surface area contributed by atoms with Crippen molar-refractivity contribution >= 4 is 11.9 Å². The lowest BCUT2D eigenvalue weighted by atomic mass is 10.3. The van der Waals surface area contributed by atoms with Gasteiger partial charge in [-0.15, -0.1) is 0 Å². The van der Waals surface area contributed by atoms with E-state index in [4.69, 9.17) is 9.84 Å². The highest BCUT2D eigenvalue weighted by Gasteiger charge is 2.10. The first kappa shape index (κ1) is 13.7. The van der Waals surface area contributed by atoms with E-state index in [1.165, 1.54) is 23.1 Å². The first-order chi connectivity index (χ1) is 9.60. The Morgan fingerprint density at radius 3 is 2.90 bits per heavy atom. The van der Waals surface area contributed by atoms with Gasteiger partial charge in [-0.25, -0.2) is 14.6 Å². The lowest BCUT2D eigenvalue weighted by Gasteiger charge is -2.02. The Labute approximate surface area is 114 Å². The number of hydrogen-bond donors (Lipinski definition) is 1. The summed E-state index contributed by atoms with van der Waals surface area (Å²) in [6.45, 7) is 2.30. The normalized spacial score (nSPS) is 10.2. The number of carboxylic acid groups (broad SMARTS) is 1. The number of carbonyl (C=O) groups is 2. The fraction of sp³-hybridized carbons (Fsp3) is 0.231. The van der Waals surface area contributed by atoms with Crippen molar-refractivity contribution in [3.05, 3.63) is 47.5 Å². The number of hydrogen-bond acceptors (Lipinski definition) is 5. The van der Waals surface area contributed by atoms with E-state index in [1.54, 1.807) is 19.1 Å². The largest absolute Gasteiger partial charge is 0.477 e. The highest BCUT2D eigenvalue weighted by molar-refractivity contribution is 5.88. The summed E-state index contributed by atoms with van der Waals surface area (Å²) >= 11 is 0. The minimum absolute atomic E-state index is 0.0275. The summed E-state index contributed by atoms with van der Waals surface area (Å²) in [6.07, 6.45) is 2.94. The molecule has 20 heavy (non-hydrogen) atoms. The van der Waals surface area contributed by atoms with Gasteiger partial charge in [0, 0.05) is 6.20 Å². The van der Waals surface area contributed by atoms with Crippen molar-refractivity contribution in [2.75, 3.05) is 6.61 Å². The number of esters is 1.